The van der Waals surface area contributed by atoms with Crippen molar-refractivity contribution >= 4 is 57.8 Å². The molecule has 0 spiro atoms. The highest BCUT2D eigenvalue weighted by Crippen LogP contribution is 2.40. The second-order valence-electron chi connectivity index (χ2n) is 15.7. The number of rotatable bonds is 12. The van der Waals surface area contributed by atoms with Crippen LogP contribution < -0.4 is 30.5 Å². The Morgan fingerprint density at radius 2 is 1.71 bits per heavy atom. The number of amides is 3. The first-order valence-electron chi connectivity index (χ1n) is 19.6. The molecule has 13 nitrogen and oxygen atoms in total. The first-order chi connectivity index (χ1) is 27.9. The molecule has 0 aromatic heterocycles. The highest BCUT2D eigenvalue weighted by molar-refractivity contribution is 7.81. The van der Waals surface area contributed by atoms with E-state index in [4.69, 9.17) is 17.0 Å². The average Bonchev–Trinajstić information content (AvgIpc) is 3.35. The first-order valence-corrected chi connectivity index (χ1v) is 20.0. The van der Waals surface area contributed by atoms with Crippen LogP contribution in [0.25, 0.3) is 0 Å². The molecule has 3 aliphatic heterocycles. The fourth-order valence-corrected chi connectivity index (χ4v) is 8.38. The fraction of sp³-hybridized carbons (Fsp3) is 0.452. The lowest BCUT2D eigenvalue weighted by atomic mass is 10.0. The number of hydrogen-bond acceptors (Lipinski definition) is 10. The van der Waals surface area contributed by atoms with E-state index in [1.165, 1.54) is 6.07 Å². The number of piperidine rings is 1. The summed E-state index contributed by atoms with van der Waals surface area (Å²) < 4.78 is 47.7. The molecule has 4 atom stereocenters. The number of halogens is 3. The van der Waals surface area contributed by atoms with Crippen LogP contribution in [0.15, 0.2) is 60.7 Å². The third-order valence-corrected chi connectivity index (χ3v) is 11.5. The zero-order valence-electron chi connectivity index (χ0n) is 33.6. The standard InChI is InChI=1S/C42H49F3N8O5S/c1-6-27-18-32(53-40(59)52(39(57)41(53,4)5)31-11-10-28(21-46)33(20-31)42(43,44)45)12-14-35(27)58-17-16-50-22-26(3)51(23-25(50)2)24-37(55)48-30-9-7-8-29(19-30)47-34-13-15-36(54)49-38(34)56/h7-12,14,18-20,25-26,34,36,47,54H,6,13,15-17,22-24H2,1-5H3,(H,48,55)(H,49,56)/t25-,26+,34?,36?/m1/s1. The van der Waals surface area contributed by atoms with Gasteiger partial charge in [0.25, 0.3) is 5.91 Å². The molecule has 0 bridgehead atoms. The summed E-state index contributed by atoms with van der Waals surface area (Å²) in [4.78, 5) is 46.3. The number of hydrogen-bond donors (Lipinski definition) is 4. The number of piperazine rings is 1. The van der Waals surface area contributed by atoms with Gasteiger partial charge in [0.05, 0.1) is 29.4 Å². The van der Waals surface area contributed by atoms with E-state index in [-0.39, 0.29) is 41.2 Å². The number of anilines is 4. The average molecular weight is 835 g/mol. The summed E-state index contributed by atoms with van der Waals surface area (Å²) in [5.41, 5.74) is -0.231. The Labute approximate surface area is 347 Å². The molecule has 314 valence electrons. The van der Waals surface area contributed by atoms with E-state index in [9.17, 15) is 37.9 Å². The van der Waals surface area contributed by atoms with E-state index in [0.717, 1.165) is 29.1 Å². The van der Waals surface area contributed by atoms with Crippen molar-refractivity contribution in [3.05, 3.63) is 77.4 Å². The van der Waals surface area contributed by atoms with Crippen molar-refractivity contribution in [2.24, 2.45) is 0 Å². The lowest BCUT2D eigenvalue weighted by Crippen LogP contribution is -2.58. The van der Waals surface area contributed by atoms with Gasteiger partial charge in [0, 0.05) is 48.8 Å². The first kappa shape index (κ1) is 43.3. The Kier molecular flexibility index (Phi) is 12.9. The molecule has 2 unspecified atom stereocenters. The van der Waals surface area contributed by atoms with Gasteiger partial charge in [-0.2, -0.15) is 18.4 Å². The molecular formula is C42H49F3N8O5S. The third-order valence-electron chi connectivity index (χ3n) is 11.1. The van der Waals surface area contributed by atoms with Crippen LogP contribution in [0.4, 0.5) is 35.9 Å². The number of aliphatic hydroxyl groups excluding tert-OH is 1. The predicted molar refractivity (Wildman–Crippen MR) is 222 cm³/mol. The molecular weight excluding hydrogens is 786 g/mol. The maximum Gasteiger partial charge on any atom is 0.417 e. The number of nitrogens with zero attached hydrogens (tertiary/aromatic N) is 5. The zero-order chi connectivity index (χ0) is 42.8. The molecule has 3 aromatic rings. The molecule has 3 saturated heterocycles. The van der Waals surface area contributed by atoms with E-state index in [1.54, 1.807) is 49.1 Å². The van der Waals surface area contributed by atoms with Gasteiger partial charge >= 0.3 is 6.18 Å². The number of thiocarbonyl (C=S) groups is 1. The Hall–Kier alpha value is -5.28. The SMILES string of the molecule is CCc1cc(N2C(=S)N(c3ccc(C#N)c(C(F)(F)F)c3)C(=O)C2(C)C)ccc1OCCN1C[C@H](C)N(CC(=O)Nc2cccc(NC3CCC(O)NC3=O)c2)C[C@H]1C. The topological polar surface area (TPSA) is 154 Å². The van der Waals surface area contributed by atoms with Crippen molar-refractivity contribution in [2.75, 3.05) is 53.2 Å². The molecule has 3 fully saturated rings. The molecule has 59 heavy (non-hydrogen) atoms. The van der Waals surface area contributed by atoms with Crippen LogP contribution in [0.1, 0.15) is 64.2 Å². The molecule has 3 aliphatic rings. The van der Waals surface area contributed by atoms with Crippen molar-refractivity contribution < 1.29 is 37.4 Å². The second kappa shape index (κ2) is 17.5. The lowest BCUT2D eigenvalue weighted by molar-refractivity contribution is -0.137. The summed E-state index contributed by atoms with van der Waals surface area (Å²) in [5, 5.41) is 27.6. The summed E-state index contributed by atoms with van der Waals surface area (Å²) in [6.45, 7) is 12.2. The summed E-state index contributed by atoms with van der Waals surface area (Å²) in [6.07, 6.45) is -4.08. The Balaban J connectivity index is 1.03. The van der Waals surface area contributed by atoms with Gasteiger partial charge in [0.2, 0.25) is 11.8 Å². The number of aryl methyl sites for hydroxylation is 1. The number of ether oxygens (including phenoxy) is 1. The summed E-state index contributed by atoms with van der Waals surface area (Å²) >= 11 is 5.72. The number of carbonyl (C=O) groups excluding carboxylic acids is 3. The van der Waals surface area contributed by atoms with Crippen LogP contribution in [-0.2, 0) is 27.0 Å². The Morgan fingerprint density at radius 3 is 2.41 bits per heavy atom. The largest absolute Gasteiger partial charge is 0.492 e. The highest BCUT2D eigenvalue weighted by atomic mass is 32.1. The van der Waals surface area contributed by atoms with Crippen LogP contribution in [0.5, 0.6) is 5.75 Å². The van der Waals surface area contributed by atoms with E-state index >= 15 is 0 Å². The maximum absolute atomic E-state index is 13.8. The Morgan fingerprint density at radius 1 is 1.02 bits per heavy atom. The van der Waals surface area contributed by atoms with E-state index in [2.05, 4.69) is 39.6 Å². The van der Waals surface area contributed by atoms with Crippen molar-refractivity contribution in [3.63, 3.8) is 0 Å². The van der Waals surface area contributed by atoms with Gasteiger partial charge in [-0.05, 0) is 119 Å². The molecule has 17 heteroatoms. The minimum atomic E-state index is -4.80. The summed E-state index contributed by atoms with van der Waals surface area (Å²) in [6, 6.07) is 17.1. The van der Waals surface area contributed by atoms with Crippen LogP contribution in [0.2, 0.25) is 0 Å². The number of nitriles is 1. The van der Waals surface area contributed by atoms with E-state index < -0.39 is 41.0 Å². The molecule has 3 amide bonds. The number of benzene rings is 3. The molecule has 4 N–H and O–H groups in total. The fourth-order valence-electron chi connectivity index (χ4n) is 7.86. The smallest absolute Gasteiger partial charge is 0.417 e. The van der Waals surface area contributed by atoms with E-state index in [0.29, 0.717) is 61.8 Å². The van der Waals surface area contributed by atoms with Crippen LogP contribution >= 0.6 is 12.2 Å². The molecule has 6 rings (SSSR count). The van der Waals surface area contributed by atoms with Crippen LogP contribution in [0.3, 0.4) is 0 Å². The zero-order valence-corrected chi connectivity index (χ0v) is 34.4. The number of alkyl halides is 3. The molecule has 3 aromatic carbocycles. The number of aliphatic hydroxyl groups is 1. The predicted octanol–water partition coefficient (Wildman–Crippen LogP) is 5.48. The quantitative estimate of drug-likeness (QED) is 0.172. The lowest BCUT2D eigenvalue weighted by Gasteiger charge is -2.43. The normalized spacial score (nSPS) is 22.5. The van der Waals surface area contributed by atoms with Gasteiger partial charge in [-0.15, -0.1) is 0 Å². The molecule has 0 aliphatic carbocycles. The number of carbonyl (C=O) groups is 3. The van der Waals surface area contributed by atoms with Gasteiger partial charge in [-0.1, -0.05) is 13.0 Å². The third kappa shape index (κ3) is 9.46. The number of nitrogens with one attached hydrogen (secondary N) is 3. The molecule has 3 heterocycles. The monoisotopic (exact) mass is 834 g/mol. The van der Waals surface area contributed by atoms with Gasteiger partial charge in [-0.3, -0.25) is 29.1 Å². The van der Waals surface area contributed by atoms with Gasteiger partial charge in [-0.25, -0.2) is 0 Å². The summed E-state index contributed by atoms with van der Waals surface area (Å²) in [7, 11) is 0. The van der Waals surface area contributed by atoms with Gasteiger partial charge < -0.3 is 30.7 Å². The summed E-state index contributed by atoms with van der Waals surface area (Å²) in [5.74, 6) is -0.252. The van der Waals surface area contributed by atoms with Crippen LogP contribution in [0, 0.1) is 11.3 Å². The second-order valence-corrected chi connectivity index (χ2v) is 16.1. The molecule has 0 radical (unpaired) electrons. The molecule has 0 saturated carbocycles. The Bertz CT molecular complexity index is 2140. The van der Waals surface area contributed by atoms with Gasteiger partial charge in [0.15, 0.2) is 5.11 Å². The minimum absolute atomic E-state index is 0.0178. The van der Waals surface area contributed by atoms with Crippen molar-refractivity contribution in [2.45, 2.75) is 89.9 Å². The van der Waals surface area contributed by atoms with Crippen molar-refractivity contribution in [3.8, 4) is 11.8 Å². The van der Waals surface area contributed by atoms with Crippen molar-refractivity contribution in [1.82, 2.24) is 15.1 Å². The maximum atomic E-state index is 13.8. The van der Waals surface area contributed by atoms with Crippen molar-refractivity contribution in [1.29, 1.82) is 5.26 Å². The minimum Gasteiger partial charge on any atom is -0.492 e. The highest BCUT2D eigenvalue weighted by Gasteiger charge is 2.51. The van der Waals surface area contributed by atoms with E-state index in [1.807, 2.05) is 25.1 Å². The van der Waals surface area contributed by atoms with Crippen LogP contribution in [-0.4, -0.2) is 100 Å². The van der Waals surface area contributed by atoms with Gasteiger partial charge in [0.1, 0.15) is 30.2 Å².